The van der Waals surface area contributed by atoms with Gasteiger partial charge < -0.3 is 9.64 Å². The summed E-state index contributed by atoms with van der Waals surface area (Å²) in [6.45, 7) is 6.16. The predicted molar refractivity (Wildman–Crippen MR) is 96.3 cm³/mol. The summed E-state index contributed by atoms with van der Waals surface area (Å²) in [4.78, 5) is 15.5. The van der Waals surface area contributed by atoms with E-state index in [1.54, 1.807) is 7.11 Å². The van der Waals surface area contributed by atoms with Crippen LogP contribution in [0.25, 0.3) is 0 Å². The number of carbonyl (C=O) groups is 1. The van der Waals surface area contributed by atoms with E-state index in [1.807, 2.05) is 34.0 Å². The second-order valence-electron chi connectivity index (χ2n) is 6.44. The van der Waals surface area contributed by atoms with Crippen LogP contribution < -0.4 is 4.74 Å². The van der Waals surface area contributed by atoms with Crippen LogP contribution in [0.2, 0.25) is 0 Å². The van der Waals surface area contributed by atoms with Gasteiger partial charge in [0, 0.05) is 50.0 Å². The first-order valence-electron chi connectivity index (χ1n) is 8.82. The van der Waals surface area contributed by atoms with E-state index in [9.17, 15) is 4.79 Å². The lowest BCUT2D eigenvalue weighted by molar-refractivity contribution is -0.121. The molecule has 0 aliphatic carbocycles. The second kappa shape index (κ2) is 8.16. The Morgan fingerprint density at radius 1 is 1.32 bits per heavy atom. The molecule has 2 heterocycles. The van der Waals surface area contributed by atoms with Crippen LogP contribution in [0.1, 0.15) is 30.5 Å². The zero-order valence-corrected chi connectivity index (χ0v) is 15.0. The molecule has 0 N–H and O–H groups in total. The maximum Gasteiger partial charge on any atom is 0.209 e. The molecule has 0 saturated carbocycles. The molecule has 1 fully saturated rings. The van der Waals surface area contributed by atoms with E-state index in [1.165, 1.54) is 5.56 Å². The molecule has 0 unspecified atom stereocenters. The number of hydrogen-bond donors (Lipinski definition) is 0. The Hall–Kier alpha value is -2.34. The van der Waals surface area contributed by atoms with Gasteiger partial charge in [-0.3, -0.25) is 14.4 Å². The number of amides is 1. The van der Waals surface area contributed by atoms with Crippen LogP contribution in [-0.4, -0.2) is 52.7 Å². The smallest absolute Gasteiger partial charge is 0.209 e. The Labute approximate surface area is 149 Å². The highest BCUT2D eigenvalue weighted by Crippen LogP contribution is 2.32. The third-order valence-corrected chi connectivity index (χ3v) is 4.69. The van der Waals surface area contributed by atoms with Crippen molar-refractivity contribution in [2.24, 2.45) is 0 Å². The topological polar surface area (TPSA) is 50.6 Å². The van der Waals surface area contributed by atoms with Gasteiger partial charge in [0.15, 0.2) is 0 Å². The summed E-state index contributed by atoms with van der Waals surface area (Å²) in [5.41, 5.74) is 2.32. The Balaban J connectivity index is 1.83. The van der Waals surface area contributed by atoms with Crippen LogP contribution in [0.3, 0.4) is 0 Å². The Morgan fingerprint density at radius 2 is 2.16 bits per heavy atom. The molecule has 1 aliphatic rings. The number of piperazine rings is 1. The summed E-state index contributed by atoms with van der Waals surface area (Å²) in [6.07, 6.45) is 6.08. The van der Waals surface area contributed by atoms with Gasteiger partial charge in [0.1, 0.15) is 5.75 Å². The number of nitrogens with zero attached hydrogens (tertiary/aromatic N) is 4. The number of hydrogen-bond acceptors (Lipinski definition) is 4. The van der Waals surface area contributed by atoms with Crippen LogP contribution in [0.5, 0.6) is 5.75 Å². The molecule has 1 saturated heterocycles. The third-order valence-electron chi connectivity index (χ3n) is 4.69. The first-order valence-corrected chi connectivity index (χ1v) is 8.82. The molecular formula is C19H26N4O2. The van der Waals surface area contributed by atoms with Gasteiger partial charge in [0.05, 0.1) is 19.3 Å². The van der Waals surface area contributed by atoms with Crippen molar-refractivity contribution in [1.82, 2.24) is 19.6 Å². The van der Waals surface area contributed by atoms with Crippen LogP contribution in [0.4, 0.5) is 0 Å². The van der Waals surface area contributed by atoms with Gasteiger partial charge in [-0.25, -0.2) is 0 Å². The quantitative estimate of drug-likeness (QED) is 0.725. The number of ether oxygens (including phenoxy) is 1. The standard InChI is InChI=1S/C19H26N4O2/c1-3-8-23-13-16(11-20-23)12-22-10-9-21(15-24)14-18(22)17-6-4-5-7-19(17)25-2/h4-7,11,13,15,18H,3,8-10,12,14H2,1-2H3/t18-/m1/s1. The minimum atomic E-state index is 0.115. The molecule has 0 spiro atoms. The maximum absolute atomic E-state index is 11.3. The summed E-state index contributed by atoms with van der Waals surface area (Å²) in [7, 11) is 1.69. The summed E-state index contributed by atoms with van der Waals surface area (Å²) in [5, 5.41) is 4.43. The van der Waals surface area contributed by atoms with Gasteiger partial charge in [-0.15, -0.1) is 0 Å². The molecule has 25 heavy (non-hydrogen) atoms. The van der Waals surface area contributed by atoms with Crippen LogP contribution in [-0.2, 0) is 17.9 Å². The third kappa shape index (κ3) is 4.02. The number of benzene rings is 1. The van der Waals surface area contributed by atoms with Gasteiger partial charge in [-0.2, -0.15) is 5.10 Å². The highest BCUT2D eigenvalue weighted by molar-refractivity contribution is 5.48. The van der Waals surface area contributed by atoms with Crippen molar-refractivity contribution in [3.05, 3.63) is 47.8 Å². The Bertz CT molecular complexity index is 700. The number of para-hydroxylation sites is 1. The lowest BCUT2D eigenvalue weighted by atomic mass is 10.0. The van der Waals surface area contributed by atoms with Gasteiger partial charge >= 0.3 is 0 Å². The molecule has 1 aliphatic heterocycles. The van der Waals surface area contributed by atoms with Gasteiger partial charge in [0.2, 0.25) is 6.41 Å². The van der Waals surface area contributed by atoms with E-state index >= 15 is 0 Å². The van der Waals surface area contributed by atoms with Crippen LogP contribution in [0.15, 0.2) is 36.7 Å². The zero-order chi connectivity index (χ0) is 17.6. The van der Waals surface area contributed by atoms with Crippen LogP contribution in [0, 0.1) is 0 Å². The summed E-state index contributed by atoms with van der Waals surface area (Å²) >= 11 is 0. The molecular weight excluding hydrogens is 316 g/mol. The van der Waals surface area contributed by atoms with Crippen molar-refractivity contribution in [1.29, 1.82) is 0 Å². The molecule has 6 nitrogen and oxygen atoms in total. The van der Waals surface area contributed by atoms with Gasteiger partial charge in [-0.05, 0) is 12.5 Å². The van der Waals surface area contributed by atoms with Crippen molar-refractivity contribution < 1.29 is 9.53 Å². The number of rotatable bonds is 7. The zero-order valence-electron chi connectivity index (χ0n) is 15.0. The largest absolute Gasteiger partial charge is 0.496 e. The van der Waals surface area contributed by atoms with E-state index < -0.39 is 0 Å². The minimum absolute atomic E-state index is 0.115. The average Bonchev–Trinajstić information content (AvgIpc) is 3.09. The molecule has 0 bridgehead atoms. The van der Waals surface area contributed by atoms with E-state index in [-0.39, 0.29) is 6.04 Å². The summed E-state index contributed by atoms with van der Waals surface area (Å²) < 4.78 is 7.55. The molecule has 6 heteroatoms. The molecule has 2 aromatic rings. The molecule has 3 rings (SSSR count). The summed E-state index contributed by atoms with van der Waals surface area (Å²) in [5.74, 6) is 0.868. The highest BCUT2D eigenvalue weighted by atomic mass is 16.5. The SMILES string of the molecule is CCCn1cc(CN2CCN(C=O)C[C@@H]2c2ccccc2OC)cn1. The van der Waals surface area contributed by atoms with E-state index in [4.69, 9.17) is 4.74 Å². The Morgan fingerprint density at radius 3 is 2.92 bits per heavy atom. The maximum atomic E-state index is 11.3. The lowest BCUT2D eigenvalue weighted by Gasteiger charge is -2.40. The fourth-order valence-corrected chi connectivity index (χ4v) is 3.44. The molecule has 1 aromatic carbocycles. The van der Waals surface area contributed by atoms with Crippen molar-refractivity contribution in [3.8, 4) is 5.75 Å². The first-order chi connectivity index (χ1) is 12.2. The predicted octanol–water partition coefficient (Wildman–Crippen LogP) is 2.32. The Kier molecular flexibility index (Phi) is 5.71. The lowest BCUT2D eigenvalue weighted by Crippen LogP contribution is -2.47. The molecule has 1 aromatic heterocycles. The van der Waals surface area contributed by atoms with Crippen molar-refractivity contribution in [3.63, 3.8) is 0 Å². The number of aryl methyl sites for hydroxylation is 1. The average molecular weight is 342 g/mol. The van der Waals surface area contributed by atoms with Gasteiger partial charge in [0.25, 0.3) is 0 Å². The molecule has 1 amide bonds. The van der Waals surface area contributed by atoms with E-state index in [0.29, 0.717) is 6.54 Å². The van der Waals surface area contributed by atoms with Crippen molar-refractivity contribution in [2.45, 2.75) is 32.5 Å². The fourth-order valence-electron chi connectivity index (χ4n) is 3.44. The van der Waals surface area contributed by atoms with E-state index in [0.717, 1.165) is 50.3 Å². The van der Waals surface area contributed by atoms with Crippen molar-refractivity contribution >= 4 is 6.41 Å². The highest BCUT2D eigenvalue weighted by Gasteiger charge is 2.29. The molecule has 0 radical (unpaired) electrons. The number of aromatic nitrogens is 2. The van der Waals surface area contributed by atoms with Gasteiger partial charge in [-0.1, -0.05) is 25.1 Å². The van der Waals surface area contributed by atoms with Crippen LogP contribution >= 0.6 is 0 Å². The molecule has 1 atom stereocenters. The normalized spacial score (nSPS) is 18.3. The second-order valence-corrected chi connectivity index (χ2v) is 6.44. The summed E-state index contributed by atoms with van der Waals surface area (Å²) in [6, 6.07) is 8.18. The number of carbonyl (C=O) groups excluding carboxylic acids is 1. The fraction of sp³-hybridized carbons (Fsp3) is 0.474. The van der Waals surface area contributed by atoms with Crippen molar-refractivity contribution in [2.75, 3.05) is 26.7 Å². The molecule has 134 valence electrons. The monoisotopic (exact) mass is 342 g/mol. The minimum Gasteiger partial charge on any atom is -0.496 e. The first kappa shape index (κ1) is 17.5. The van der Waals surface area contributed by atoms with E-state index in [2.05, 4.69) is 29.2 Å². The number of methoxy groups -OCH3 is 1.